The number of aromatic nitrogens is 1. The highest BCUT2D eigenvalue weighted by molar-refractivity contribution is 5.80. The van der Waals surface area contributed by atoms with E-state index in [4.69, 9.17) is 0 Å². The van der Waals surface area contributed by atoms with Crippen LogP contribution in [0.1, 0.15) is 32.3 Å². The van der Waals surface area contributed by atoms with Crippen LogP contribution in [0.25, 0.3) is 10.9 Å². The molecule has 0 unspecified atom stereocenters. The summed E-state index contributed by atoms with van der Waals surface area (Å²) in [5.74, 6) is 0.814. The summed E-state index contributed by atoms with van der Waals surface area (Å²) in [4.78, 5) is 16.0. The van der Waals surface area contributed by atoms with E-state index in [1.807, 2.05) is 12.1 Å². The number of nitrogens with zero attached hydrogens (tertiary/aromatic N) is 1. The van der Waals surface area contributed by atoms with Crippen LogP contribution in [0.5, 0.6) is 0 Å². The Hall–Kier alpha value is -1.70. The normalized spacial score (nSPS) is 11.1. The van der Waals surface area contributed by atoms with Crippen LogP contribution in [0.3, 0.4) is 0 Å². The fourth-order valence-electron chi connectivity index (χ4n) is 2.12. The minimum absolute atomic E-state index is 0.358. The number of fused-ring (bicyclic) bond motifs is 1. The predicted molar refractivity (Wildman–Crippen MR) is 74.5 cm³/mol. The van der Waals surface area contributed by atoms with Gasteiger partial charge in [0.2, 0.25) is 0 Å². The van der Waals surface area contributed by atoms with Gasteiger partial charge in [0.05, 0.1) is 5.52 Å². The summed E-state index contributed by atoms with van der Waals surface area (Å²) >= 11 is 0. The highest BCUT2D eigenvalue weighted by Gasteiger charge is 2.05. The number of Topliss-reactive ketones (excluding diaryl/α,β-unsaturated/α-hetero) is 1. The Bertz CT molecular complexity index is 546. The smallest absolute Gasteiger partial charge is 0.133 e. The van der Waals surface area contributed by atoms with E-state index in [0.29, 0.717) is 24.5 Å². The zero-order chi connectivity index (χ0) is 13.0. The van der Waals surface area contributed by atoms with Crippen LogP contribution in [0.2, 0.25) is 0 Å². The third kappa shape index (κ3) is 3.39. The molecular formula is C16H19NO. The van der Waals surface area contributed by atoms with Gasteiger partial charge in [-0.25, -0.2) is 0 Å². The number of aryl methyl sites for hydroxylation is 1. The summed E-state index contributed by atoms with van der Waals surface area (Å²) in [7, 11) is 0. The molecule has 1 heterocycles. The lowest BCUT2D eigenvalue weighted by Gasteiger charge is -2.05. The van der Waals surface area contributed by atoms with Crippen molar-refractivity contribution in [3.8, 4) is 0 Å². The summed E-state index contributed by atoms with van der Waals surface area (Å²) < 4.78 is 0. The number of ketones is 1. The predicted octanol–water partition coefficient (Wildman–Crippen LogP) is 3.78. The van der Waals surface area contributed by atoms with Crippen LogP contribution >= 0.6 is 0 Å². The maximum atomic E-state index is 11.7. The van der Waals surface area contributed by atoms with Gasteiger partial charge < -0.3 is 0 Å². The molecule has 0 saturated carbocycles. The number of carbonyl (C=O) groups excluding carboxylic acids is 1. The molecule has 0 aliphatic carbocycles. The Morgan fingerprint density at radius 3 is 2.89 bits per heavy atom. The molecule has 18 heavy (non-hydrogen) atoms. The van der Waals surface area contributed by atoms with E-state index in [0.717, 1.165) is 17.3 Å². The number of benzene rings is 1. The lowest BCUT2D eigenvalue weighted by Crippen LogP contribution is -2.04. The number of rotatable bonds is 5. The first kappa shape index (κ1) is 12.7. The van der Waals surface area contributed by atoms with Crippen LogP contribution in [0.15, 0.2) is 36.5 Å². The fourth-order valence-corrected chi connectivity index (χ4v) is 2.12. The molecule has 2 aromatic rings. The van der Waals surface area contributed by atoms with Gasteiger partial charge in [-0.05, 0) is 36.1 Å². The molecule has 94 valence electrons. The summed E-state index contributed by atoms with van der Waals surface area (Å²) in [6, 6.07) is 10.2. The van der Waals surface area contributed by atoms with Gasteiger partial charge in [-0.15, -0.1) is 0 Å². The van der Waals surface area contributed by atoms with Gasteiger partial charge in [-0.3, -0.25) is 9.78 Å². The monoisotopic (exact) mass is 241 g/mol. The van der Waals surface area contributed by atoms with E-state index in [1.165, 1.54) is 5.56 Å². The maximum Gasteiger partial charge on any atom is 0.133 e. The Balaban J connectivity index is 2.01. The number of hydrogen-bond acceptors (Lipinski definition) is 2. The first-order valence-corrected chi connectivity index (χ1v) is 6.50. The highest BCUT2D eigenvalue weighted by Crippen LogP contribution is 2.15. The Kier molecular flexibility index (Phi) is 4.08. The zero-order valence-corrected chi connectivity index (χ0v) is 11.0. The van der Waals surface area contributed by atoms with Gasteiger partial charge in [-0.2, -0.15) is 0 Å². The average molecular weight is 241 g/mol. The lowest BCUT2D eigenvalue weighted by atomic mass is 10.0. The van der Waals surface area contributed by atoms with Gasteiger partial charge in [0.25, 0.3) is 0 Å². The second kappa shape index (κ2) is 5.76. The van der Waals surface area contributed by atoms with E-state index in [1.54, 1.807) is 6.20 Å². The van der Waals surface area contributed by atoms with Crippen molar-refractivity contribution in [2.45, 2.75) is 33.1 Å². The Morgan fingerprint density at radius 2 is 2.11 bits per heavy atom. The van der Waals surface area contributed by atoms with E-state index in [9.17, 15) is 4.79 Å². The zero-order valence-electron chi connectivity index (χ0n) is 11.0. The molecule has 2 nitrogen and oxygen atoms in total. The molecular weight excluding hydrogens is 222 g/mol. The molecule has 1 aromatic carbocycles. The summed E-state index contributed by atoms with van der Waals surface area (Å²) in [5, 5.41) is 1.14. The molecule has 0 amide bonds. The molecule has 0 aliphatic rings. The van der Waals surface area contributed by atoms with Gasteiger partial charge in [0.15, 0.2) is 0 Å². The molecule has 0 radical (unpaired) electrons. The third-order valence-corrected chi connectivity index (χ3v) is 3.00. The highest BCUT2D eigenvalue weighted by atomic mass is 16.1. The topological polar surface area (TPSA) is 30.0 Å². The molecule has 2 rings (SSSR count). The summed E-state index contributed by atoms with van der Waals surface area (Å²) in [6.07, 6.45) is 3.96. The second-order valence-corrected chi connectivity index (χ2v) is 5.17. The number of hydrogen-bond donors (Lipinski definition) is 0. The first-order chi connectivity index (χ1) is 8.65. The molecule has 0 atom stereocenters. The van der Waals surface area contributed by atoms with Crippen LogP contribution in [0, 0.1) is 5.92 Å². The largest absolute Gasteiger partial charge is 0.300 e. The van der Waals surface area contributed by atoms with E-state index in [2.05, 4.69) is 37.0 Å². The maximum absolute atomic E-state index is 11.7. The minimum atomic E-state index is 0.358. The lowest BCUT2D eigenvalue weighted by molar-refractivity contribution is -0.119. The van der Waals surface area contributed by atoms with Gasteiger partial charge >= 0.3 is 0 Å². The number of pyridine rings is 1. The van der Waals surface area contributed by atoms with E-state index >= 15 is 0 Å². The second-order valence-electron chi connectivity index (χ2n) is 5.17. The van der Waals surface area contributed by atoms with Crippen molar-refractivity contribution in [3.05, 3.63) is 42.1 Å². The summed E-state index contributed by atoms with van der Waals surface area (Å²) in [6.45, 7) is 4.17. The average Bonchev–Trinajstić information content (AvgIpc) is 2.35. The Labute approximate surface area is 108 Å². The van der Waals surface area contributed by atoms with Crippen molar-refractivity contribution in [2.24, 2.45) is 5.92 Å². The van der Waals surface area contributed by atoms with Crippen molar-refractivity contribution in [1.29, 1.82) is 0 Å². The van der Waals surface area contributed by atoms with Crippen LogP contribution in [-0.4, -0.2) is 10.8 Å². The molecule has 1 aromatic heterocycles. The molecule has 0 bridgehead atoms. The van der Waals surface area contributed by atoms with Crippen molar-refractivity contribution < 1.29 is 4.79 Å². The quantitative estimate of drug-likeness (QED) is 0.797. The molecule has 0 N–H and O–H groups in total. The van der Waals surface area contributed by atoms with E-state index in [-0.39, 0.29) is 0 Å². The van der Waals surface area contributed by atoms with Gasteiger partial charge in [0, 0.05) is 24.4 Å². The first-order valence-electron chi connectivity index (χ1n) is 6.50. The summed E-state index contributed by atoms with van der Waals surface area (Å²) in [5.41, 5.74) is 2.22. The van der Waals surface area contributed by atoms with Crippen molar-refractivity contribution in [1.82, 2.24) is 4.98 Å². The van der Waals surface area contributed by atoms with Crippen LogP contribution in [-0.2, 0) is 11.2 Å². The fraction of sp³-hybridized carbons (Fsp3) is 0.375. The van der Waals surface area contributed by atoms with Crippen molar-refractivity contribution in [2.75, 3.05) is 0 Å². The van der Waals surface area contributed by atoms with Gasteiger partial charge in [0.1, 0.15) is 5.78 Å². The van der Waals surface area contributed by atoms with Crippen molar-refractivity contribution >= 4 is 16.7 Å². The number of carbonyl (C=O) groups is 1. The van der Waals surface area contributed by atoms with Gasteiger partial charge in [-0.1, -0.05) is 26.0 Å². The third-order valence-electron chi connectivity index (χ3n) is 3.00. The molecule has 0 saturated heterocycles. The molecule has 0 spiro atoms. The van der Waals surface area contributed by atoms with Crippen LogP contribution in [0.4, 0.5) is 0 Å². The Morgan fingerprint density at radius 1 is 1.28 bits per heavy atom. The standard InChI is InChI=1S/C16H19NO/c1-12(2)10-15(18)7-5-13-6-8-16-14(11-13)4-3-9-17-16/h3-4,6,8-9,11-12H,5,7,10H2,1-2H3. The van der Waals surface area contributed by atoms with Crippen molar-refractivity contribution in [3.63, 3.8) is 0 Å². The SMILES string of the molecule is CC(C)CC(=O)CCc1ccc2ncccc2c1. The minimum Gasteiger partial charge on any atom is -0.300 e. The molecule has 0 fully saturated rings. The molecule has 0 aliphatic heterocycles. The molecule has 2 heteroatoms. The van der Waals surface area contributed by atoms with Crippen LogP contribution < -0.4 is 0 Å². The van der Waals surface area contributed by atoms with E-state index < -0.39 is 0 Å².